The van der Waals surface area contributed by atoms with E-state index in [9.17, 15) is 9.59 Å². The Hall–Kier alpha value is -0.660. The number of ketones is 2. The van der Waals surface area contributed by atoms with E-state index in [0.29, 0.717) is 49.1 Å². The molecule has 2 rings (SSSR count). The quantitative estimate of drug-likeness (QED) is 0.571. The van der Waals surface area contributed by atoms with Crippen molar-refractivity contribution in [1.82, 2.24) is 0 Å². The van der Waals surface area contributed by atoms with Crippen molar-refractivity contribution >= 4 is 11.6 Å². The largest absolute Gasteiger partial charge is 0.300 e. The predicted octanol–water partition coefficient (Wildman–Crippen LogP) is 1.97. The third kappa shape index (κ3) is 1.15. The number of carbonyl (C=O) groups excluding carboxylic acids is 2. The Balaban J connectivity index is 2.29. The molecule has 2 saturated carbocycles. The van der Waals surface area contributed by atoms with Gasteiger partial charge in [-0.1, -0.05) is 13.8 Å². The number of hydrogen-bond donors (Lipinski definition) is 0. The van der Waals surface area contributed by atoms with Gasteiger partial charge in [0.1, 0.15) is 11.6 Å². The Labute approximate surface area is 78.7 Å². The van der Waals surface area contributed by atoms with Gasteiger partial charge >= 0.3 is 0 Å². The summed E-state index contributed by atoms with van der Waals surface area (Å²) in [6, 6.07) is 0. The van der Waals surface area contributed by atoms with Crippen LogP contribution >= 0.6 is 0 Å². The second-order valence-corrected chi connectivity index (χ2v) is 4.87. The van der Waals surface area contributed by atoms with Crippen LogP contribution in [-0.2, 0) is 9.59 Å². The predicted molar refractivity (Wildman–Crippen MR) is 49.2 cm³/mol. The smallest absolute Gasteiger partial charge is 0.133 e. The lowest BCUT2D eigenvalue weighted by molar-refractivity contribution is -0.118. The summed E-state index contributed by atoms with van der Waals surface area (Å²) in [4.78, 5) is 22.7. The molecule has 2 unspecified atom stereocenters. The molecule has 0 saturated heterocycles. The van der Waals surface area contributed by atoms with Gasteiger partial charge in [-0.25, -0.2) is 0 Å². The summed E-state index contributed by atoms with van der Waals surface area (Å²) in [7, 11) is 0. The third-order valence-corrected chi connectivity index (χ3v) is 4.08. The summed E-state index contributed by atoms with van der Waals surface area (Å²) in [6.07, 6.45) is 2.69. The Bertz CT molecular complexity index is 239. The van der Waals surface area contributed by atoms with E-state index in [1.807, 2.05) is 0 Å². The van der Waals surface area contributed by atoms with E-state index in [2.05, 4.69) is 13.8 Å². The molecule has 13 heavy (non-hydrogen) atoms. The summed E-state index contributed by atoms with van der Waals surface area (Å²) < 4.78 is 0. The van der Waals surface area contributed by atoms with Crippen LogP contribution < -0.4 is 0 Å². The maximum atomic E-state index is 11.4. The fourth-order valence-electron chi connectivity index (χ4n) is 3.21. The van der Waals surface area contributed by atoms with Gasteiger partial charge in [-0.2, -0.15) is 0 Å². The fraction of sp³-hybridized carbons (Fsp3) is 0.818. The first-order valence-corrected chi connectivity index (χ1v) is 5.08. The zero-order chi connectivity index (χ0) is 9.64. The van der Waals surface area contributed by atoms with Crippen LogP contribution in [0.4, 0.5) is 0 Å². The molecule has 72 valence electrons. The Kier molecular flexibility index (Phi) is 1.83. The number of Topliss-reactive ketones (excluding diaryl/α,β-unsaturated/α-hetero) is 2. The zero-order valence-electron chi connectivity index (χ0n) is 8.30. The molecule has 0 amide bonds. The lowest BCUT2D eigenvalue weighted by atomic mass is 9.71. The van der Waals surface area contributed by atoms with Crippen LogP contribution in [0, 0.1) is 17.3 Å². The average Bonchev–Trinajstić information content (AvgIpc) is 2.40. The van der Waals surface area contributed by atoms with Crippen molar-refractivity contribution in [3.05, 3.63) is 0 Å². The molecule has 0 aromatic rings. The van der Waals surface area contributed by atoms with Crippen LogP contribution in [0.2, 0.25) is 0 Å². The third-order valence-electron chi connectivity index (χ3n) is 4.08. The van der Waals surface area contributed by atoms with E-state index in [0.717, 1.165) is 0 Å². The maximum absolute atomic E-state index is 11.4. The van der Waals surface area contributed by atoms with Crippen molar-refractivity contribution in [3.8, 4) is 0 Å². The first kappa shape index (κ1) is 8.92. The zero-order valence-corrected chi connectivity index (χ0v) is 8.30. The van der Waals surface area contributed by atoms with E-state index in [1.165, 1.54) is 0 Å². The van der Waals surface area contributed by atoms with Crippen LogP contribution in [-0.4, -0.2) is 11.6 Å². The van der Waals surface area contributed by atoms with Crippen molar-refractivity contribution in [3.63, 3.8) is 0 Å². The van der Waals surface area contributed by atoms with Gasteiger partial charge in [0.15, 0.2) is 0 Å². The summed E-state index contributed by atoms with van der Waals surface area (Å²) >= 11 is 0. The van der Waals surface area contributed by atoms with Crippen molar-refractivity contribution in [2.45, 2.75) is 39.5 Å². The average molecular weight is 180 g/mol. The summed E-state index contributed by atoms with van der Waals surface area (Å²) in [5, 5.41) is 0. The molecule has 0 aromatic carbocycles. The number of hydrogen-bond acceptors (Lipinski definition) is 2. The Morgan fingerprint density at radius 2 is 1.38 bits per heavy atom. The van der Waals surface area contributed by atoms with Crippen molar-refractivity contribution in [2.24, 2.45) is 17.3 Å². The summed E-state index contributed by atoms with van der Waals surface area (Å²) in [6.45, 7) is 4.25. The SMILES string of the molecule is CC1CC(=O)CC12CC(=O)CC2C. The van der Waals surface area contributed by atoms with E-state index >= 15 is 0 Å². The molecule has 1 spiro atoms. The minimum Gasteiger partial charge on any atom is -0.300 e. The molecule has 2 nitrogen and oxygen atoms in total. The van der Waals surface area contributed by atoms with Gasteiger partial charge in [-0.15, -0.1) is 0 Å². The van der Waals surface area contributed by atoms with Crippen LogP contribution in [0.1, 0.15) is 39.5 Å². The van der Waals surface area contributed by atoms with Gasteiger partial charge in [0.05, 0.1) is 0 Å². The van der Waals surface area contributed by atoms with E-state index in [1.54, 1.807) is 0 Å². The molecular formula is C11H16O2. The number of carbonyl (C=O) groups is 2. The molecule has 0 bridgehead atoms. The van der Waals surface area contributed by atoms with Gasteiger partial charge in [0.25, 0.3) is 0 Å². The lowest BCUT2D eigenvalue weighted by Gasteiger charge is -2.31. The van der Waals surface area contributed by atoms with Crippen LogP contribution in [0.3, 0.4) is 0 Å². The van der Waals surface area contributed by atoms with Gasteiger partial charge in [-0.05, 0) is 17.3 Å². The van der Waals surface area contributed by atoms with Gasteiger partial charge in [-0.3, -0.25) is 9.59 Å². The van der Waals surface area contributed by atoms with Crippen LogP contribution in [0.15, 0.2) is 0 Å². The molecule has 0 N–H and O–H groups in total. The van der Waals surface area contributed by atoms with Crippen molar-refractivity contribution in [2.75, 3.05) is 0 Å². The highest BCUT2D eigenvalue weighted by Gasteiger charge is 2.52. The minimum atomic E-state index is 0.0498. The normalized spacial score (nSPS) is 45.1. The lowest BCUT2D eigenvalue weighted by Crippen LogP contribution is -2.26. The highest BCUT2D eigenvalue weighted by molar-refractivity contribution is 5.87. The monoisotopic (exact) mass is 180 g/mol. The van der Waals surface area contributed by atoms with Crippen molar-refractivity contribution < 1.29 is 9.59 Å². The standard InChI is InChI=1S/C11H16O2/c1-7-3-9(12)5-11(7)6-10(13)4-8(11)2/h7-8H,3-6H2,1-2H3. The van der Waals surface area contributed by atoms with Gasteiger partial charge in [0, 0.05) is 25.7 Å². The second kappa shape index (κ2) is 2.66. The molecule has 2 atom stereocenters. The van der Waals surface area contributed by atoms with Crippen molar-refractivity contribution in [1.29, 1.82) is 0 Å². The topological polar surface area (TPSA) is 34.1 Å². The first-order chi connectivity index (χ1) is 6.04. The minimum absolute atomic E-state index is 0.0498. The molecule has 2 heteroatoms. The Morgan fingerprint density at radius 3 is 1.62 bits per heavy atom. The number of rotatable bonds is 0. The molecule has 0 aromatic heterocycles. The second-order valence-electron chi connectivity index (χ2n) is 4.87. The Morgan fingerprint density at radius 1 is 1.00 bits per heavy atom. The fourth-order valence-corrected chi connectivity index (χ4v) is 3.21. The van der Waals surface area contributed by atoms with Crippen LogP contribution in [0.5, 0.6) is 0 Å². The maximum Gasteiger partial charge on any atom is 0.133 e. The molecular weight excluding hydrogens is 164 g/mol. The summed E-state index contributed by atoms with van der Waals surface area (Å²) in [5.41, 5.74) is 0.0498. The molecule has 0 radical (unpaired) electrons. The molecule has 0 aliphatic heterocycles. The molecule has 2 aliphatic carbocycles. The highest BCUT2D eigenvalue weighted by Crippen LogP contribution is 2.54. The van der Waals surface area contributed by atoms with E-state index in [-0.39, 0.29) is 5.41 Å². The molecule has 2 fully saturated rings. The van der Waals surface area contributed by atoms with E-state index in [4.69, 9.17) is 0 Å². The molecule has 0 heterocycles. The highest BCUT2D eigenvalue weighted by atomic mass is 16.1. The van der Waals surface area contributed by atoms with Gasteiger partial charge in [0.2, 0.25) is 0 Å². The molecule has 2 aliphatic rings. The first-order valence-electron chi connectivity index (χ1n) is 5.08. The summed E-state index contributed by atoms with van der Waals surface area (Å²) in [5.74, 6) is 1.55. The van der Waals surface area contributed by atoms with E-state index < -0.39 is 0 Å². The van der Waals surface area contributed by atoms with Gasteiger partial charge < -0.3 is 0 Å². The van der Waals surface area contributed by atoms with Crippen LogP contribution in [0.25, 0.3) is 0 Å².